The summed E-state index contributed by atoms with van der Waals surface area (Å²) in [6.45, 7) is 3.39. The number of rotatable bonds is 4. The highest BCUT2D eigenvalue weighted by Crippen LogP contribution is 2.28. The van der Waals surface area contributed by atoms with Crippen molar-refractivity contribution in [2.75, 3.05) is 0 Å². The van der Waals surface area contributed by atoms with E-state index in [9.17, 15) is 9.59 Å². The van der Waals surface area contributed by atoms with Crippen LogP contribution in [0.1, 0.15) is 25.6 Å². The molecule has 9 nitrogen and oxygen atoms in total. The first-order chi connectivity index (χ1) is 13.0. The van der Waals surface area contributed by atoms with Gasteiger partial charge in [0.2, 0.25) is 0 Å². The van der Waals surface area contributed by atoms with Gasteiger partial charge in [-0.3, -0.25) is 9.36 Å². The topological polar surface area (TPSA) is 115 Å². The van der Waals surface area contributed by atoms with E-state index in [1.54, 1.807) is 0 Å². The Morgan fingerprint density at radius 2 is 1.93 bits per heavy atom. The number of aryl methyl sites for hydroxylation is 1. The normalized spacial score (nSPS) is 12.5. The van der Waals surface area contributed by atoms with Crippen molar-refractivity contribution in [1.82, 2.24) is 29.4 Å². The van der Waals surface area contributed by atoms with Crippen molar-refractivity contribution in [3.05, 3.63) is 52.7 Å². The van der Waals surface area contributed by atoms with Gasteiger partial charge < -0.3 is 5.11 Å². The maximum absolute atomic E-state index is 12.7. The second-order valence-electron chi connectivity index (χ2n) is 6.12. The number of carboxylic acid groups (broad SMARTS) is 1. The Morgan fingerprint density at radius 1 is 1.19 bits per heavy atom. The first kappa shape index (κ1) is 16.8. The van der Waals surface area contributed by atoms with Gasteiger partial charge in [0.05, 0.1) is 11.3 Å². The zero-order valence-corrected chi connectivity index (χ0v) is 14.7. The highest BCUT2D eigenvalue weighted by Gasteiger charge is 2.21. The van der Waals surface area contributed by atoms with Gasteiger partial charge in [-0.25, -0.2) is 9.78 Å². The smallest absolute Gasteiger partial charge is 0.326 e. The Balaban J connectivity index is 2.03. The molecule has 0 aliphatic heterocycles. The van der Waals surface area contributed by atoms with Crippen LogP contribution in [0.2, 0.25) is 0 Å². The maximum Gasteiger partial charge on any atom is 0.326 e. The molecule has 0 fully saturated rings. The van der Waals surface area contributed by atoms with E-state index in [0.717, 1.165) is 21.4 Å². The van der Waals surface area contributed by atoms with Crippen molar-refractivity contribution in [3.8, 4) is 11.1 Å². The van der Waals surface area contributed by atoms with Crippen LogP contribution in [0.4, 0.5) is 0 Å². The molecular weight excluding hydrogens is 348 g/mol. The lowest BCUT2D eigenvalue weighted by Crippen LogP contribution is -2.29. The first-order valence-electron chi connectivity index (χ1n) is 8.46. The van der Waals surface area contributed by atoms with E-state index in [0.29, 0.717) is 12.1 Å². The molecule has 1 atom stereocenters. The Labute approximate surface area is 152 Å². The maximum atomic E-state index is 12.7. The molecule has 4 aromatic rings. The summed E-state index contributed by atoms with van der Waals surface area (Å²) in [5, 5.41) is 22.0. The second kappa shape index (κ2) is 6.27. The highest BCUT2D eigenvalue weighted by atomic mass is 16.4. The van der Waals surface area contributed by atoms with Crippen molar-refractivity contribution in [1.29, 1.82) is 0 Å². The van der Waals surface area contributed by atoms with Crippen molar-refractivity contribution in [3.63, 3.8) is 0 Å². The molecule has 9 heteroatoms. The molecule has 0 saturated carbocycles. The minimum atomic E-state index is -1.13. The molecule has 1 unspecified atom stereocenters. The number of carboxylic acids is 1. The van der Waals surface area contributed by atoms with Gasteiger partial charge in [-0.2, -0.15) is 9.61 Å². The fourth-order valence-corrected chi connectivity index (χ4v) is 3.02. The third-order valence-electron chi connectivity index (χ3n) is 4.50. The minimum absolute atomic E-state index is 0.0251. The molecule has 27 heavy (non-hydrogen) atoms. The molecule has 0 aliphatic rings. The Bertz CT molecular complexity index is 1230. The second-order valence-corrected chi connectivity index (χ2v) is 6.12. The predicted octanol–water partition coefficient (Wildman–Crippen LogP) is 1.71. The number of hydrogen-bond donors (Lipinski definition) is 1. The zero-order valence-electron chi connectivity index (χ0n) is 14.7. The highest BCUT2D eigenvalue weighted by molar-refractivity contribution is 5.83. The van der Waals surface area contributed by atoms with Gasteiger partial charge in [0.15, 0.2) is 16.8 Å². The molecule has 3 heterocycles. The van der Waals surface area contributed by atoms with E-state index in [1.807, 2.05) is 37.3 Å². The van der Waals surface area contributed by atoms with Crippen molar-refractivity contribution >= 4 is 22.8 Å². The SMILES string of the molecule is CCc1nn2c(nnc3c(=O)n(C(C)C(=O)O)cnc32)c1-c1ccccc1. The van der Waals surface area contributed by atoms with Crippen LogP contribution >= 0.6 is 0 Å². The summed E-state index contributed by atoms with van der Waals surface area (Å²) in [5.74, 6) is -1.13. The van der Waals surface area contributed by atoms with Crippen LogP contribution in [-0.2, 0) is 11.2 Å². The van der Waals surface area contributed by atoms with Crippen LogP contribution < -0.4 is 5.56 Å². The molecule has 0 aliphatic carbocycles. The molecule has 136 valence electrons. The van der Waals surface area contributed by atoms with Crippen LogP contribution in [0.5, 0.6) is 0 Å². The predicted molar refractivity (Wildman–Crippen MR) is 97.5 cm³/mol. The van der Waals surface area contributed by atoms with Crippen molar-refractivity contribution in [2.45, 2.75) is 26.3 Å². The van der Waals surface area contributed by atoms with Crippen molar-refractivity contribution < 1.29 is 9.90 Å². The number of carbonyl (C=O) groups is 1. The van der Waals surface area contributed by atoms with Gasteiger partial charge in [-0.15, -0.1) is 10.2 Å². The third kappa shape index (κ3) is 2.55. The zero-order chi connectivity index (χ0) is 19.1. The number of fused-ring (bicyclic) bond motifs is 3. The van der Waals surface area contributed by atoms with Gasteiger partial charge in [-0.1, -0.05) is 37.3 Å². The minimum Gasteiger partial charge on any atom is -0.480 e. The lowest BCUT2D eigenvalue weighted by atomic mass is 10.0. The Hall–Kier alpha value is -3.62. The van der Waals surface area contributed by atoms with Crippen LogP contribution in [0.15, 0.2) is 41.5 Å². The first-order valence-corrected chi connectivity index (χ1v) is 8.46. The molecule has 3 aromatic heterocycles. The number of benzene rings is 1. The summed E-state index contributed by atoms with van der Waals surface area (Å²) in [4.78, 5) is 28.1. The van der Waals surface area contributed by atoms with Gasteiger partial charge >= 0.3 is 5.97 Å². The monoisotopic (exact) mass is 364 g/mol. The standard InChI is InChI=1S/C18H16N6O3/c1-3-12-13(11-7-5-4-6-8-11)15-21-20-14-16(24(15)22-12)19-9-23(17(14)25)10(2)18(26)27/h4-10H,3H2,1-2H3,(H,26,27). The summed E-state index contributed by atoms with van der Waals surface area (Å²) >= 11 is 0. The summed E-state index contributed by atoms with van der Waals surface area (Å²) in [6.07, 6.45) is 1.88. The van der Waals surface area contributed by atoms with E-state index in [4.69, 9.17) is 5.11 Å². The average Bonchev–Trinajstić information content (AvgIpc) is 3.07. The quantitative estimate of drug-likeness (QED) is 0.586. The number of hydrogen-bond acceptors (Lipinski definition) is 6. The van der Waals surface area contributed by atoms with Crippen molar-refractivity contribution in [2.24, 2.45) is 0 Å². The largest absolute Gasteiger partial charge is 0.480 e. The molecular formula is C18H16N6O3. The molecule has 4 rings (SSSR count). The van der Waals surface area contributed by atoms with Crippen LogP contribution in [-0.4, -0.2) is 40.4 Å². The van der Waals surface area contributed by atoms with Gasteiger partial charge in [0.1, 0.15) is 12.4 Å². The number of aliphatic carboxylic acids is 1. The fraction of sp³-hybridized carbons (Fsp3) is 0.222. The lowest BCUT2D eigenvalue weighted by molar-refractivity contribution is -0.140. The summed E-state index contributed by atoms with van der Waals surface area (Å²) in [7, 11) is 0. The Kier molecular flexibility index (Phi) is 3.91. The molecule has 0 radical (unpaired) electrons. The Morgan fingerprint density at radius 3 is 2.59 bits per heavy atom. The molecule has 0 bridgehead atoms. The van der Waals surface area contributed by atoms with E-state index >= 15 is 0 Å². The fourth-order valence-electron chi connectivity index (χ4n) is 3.02. The summed E-state index contributed by atoms with van der Waals surface area (Å²) in [6, 6.07) is 8.64. The molecule has 0 saturated heterocycles. The van der Waals surface area contributed by atoms with E-state index in [1.165, 1.54) is 17.8 Å². The van der Waals surface area contributed by atoms with Gasteiger partial charge in [-0.05, 0) is 18.9 Å². The average molecular weight is 364 g/mol. The van der Waals surface area contributed by atoms with Crippen LogP contribution in [0, 0.1) is 0 Å². The van der Waals surface area contributed by atoms with Crippen LogP contribution in [0.3, 0.4) is 0 Å². The lowest BCUT2D eigenvalue weighted by Gasteiger charge is -2.10. The number of aromatic nitrogens is 6. The molecule has 0 amide bonds. The number of nitrogens with zero attached hydrogens (tertiary/aromatic N) is 6. The van der Waals surface area contributed by atoms with Gasteiger partial charge in [0, 0.05) is 0 Å². The van der Waals surface area contributed by atoms with E-state index in [-0.39, 0.29) is 11.2 Å². The summed E-state index contributed by atoms with van der Waals surface area (Å²) < 4.78 is 2.52. The van der Waals surface area contributed by atoms with Crippen LogP contribution in [0.25, 0.3) is 27.9 Å². The third-order valence-corrected chi connectivity index (χ3v) is 4.50. The summed E-state index contributed by atoms with van der Waals surface area (Å²) in [5.41, 5.74) is 2.76. The van der Waals surface area contributed by atoms with E-state index in [2.05, 4.69) is 20.3 Å². The molecule has 1 N–H and O–H groups in total. The molecule has 1 aromatic carbocycles. The molecule has 0 spiro atoms. The van der Waals surface area contributed by atoms with E-state index < -0.39 is 17.6 Å². The van der Waals surface area contributed by atoms with Gasteiger partial charge in [0.25, 0.3) is 5.56 Å².